The minimum atomic E-state index is -5.24. The number of phosphoric acid groups is 1. The Morgan fingerprint density at radius 1 is 0.918 bits per heavy atom. The van der Waals surface area contributed by atoms with Gasteiger partial charge in [0, 0.05) is 28.8 Å². The van der Waals surface area contributed by atoms with E-state index >= 15 is 0 Å². The van der Waals surface area contributed by atoms with Crippen molar-refractivity contribution in [3.8, 4) is 5.75 Å². The fourth-order valence-corrected chi connectivity index (χ4v) is 7.70. The van der Waals surface area contributed by atoms with E-state index in [4.69, 9.17) is 25.6 Å². The predicted molar refractivity (Wildman–Crippen MR) is 183 cm³/mol. The van der Waals surface area contributed by atoms with Crippen molar-refractivity contribution in [2.45, 2.75) is 42.8 Å². The number of nitrogens with zero attached hydrogens (tertiary/aromatic N) is 1. The van der Waals surface area contributed by atoms with E-state index in [2.05, 4.69) is 4.98 Å². The smallest absolute Gasteiger partial charge is 0.469 e. The lowest BCUT2D eigenvalue weighted by Crippen LogP contribution is -2.52. The summed E-state index contributed by atoms with van der Waals surface area (Å²) in [5.41, 5.74) is -2.58. The van der Waals surface area contributed by atoms with Gasteiger partial charge in [-0.05, 0) is 41.8 Å². The van der Waals surface area contributed by atoms with Gasteiger partial charge in [0.25, 0.3) is 5.56 Å². The highest BCUT2D eigenvalue weighted by Gasteiger charge is 2.59. The molecule has 4 aromatic carbocycles. The highest BCUT2D eigenvalue weighted by molar-refractivity contribution is 7.46. The maximum Gasteiger partial charge on any atom is 0.469 e. The van der Waals surface area contributed by atoms with Crippen molar-refractivity contribution >= 4 is 19.4 Å². The van der Waals surface area contributed by atoms with Crippen molar-refractivity contribution in [3.05, 3.63) is 169 Å². The normalized spacial score (nSPS) is 20.2. The average molecular weight is 705 g/mol. The molecule has 254 valence electrons. The van der Waals surface area contributed by atoms with Gasteiger partial charge in [-0.1, -0.05) is 103 Å². The summed E-state index contributed by atoms with van der Waals surface area (Å²) >= 11 is 6.75. The van der Waals surface area contributed by atoms with Crippen molar-refractivity contribution in [2.75, 3.05) is 7.11 Å². The van der Waals surface area contributed by atoms with Gasteiger partial charge in [0.2, 0.25) is 0 Å². The number of aromatic amines is 1. The Labute approximate surface area is 286 Å². The first-order valence-corrected chi connectivity index (χ1v) is 17.2. The Kier molecular flexibility index (Phi) is 9.54. The lowest BCUT2D eigenvalue weighted by atomic mass is 9.64. The lowest BCUT2D eigenvalue weighted by molar-refractivity contribution is -0.130. The van der Waals surface area contributed by atoms with Crippen LogP contribution < -0.4 is 16.0 Å². The van der Waals surface area contributed by atoms with Crippen LogP contribution in [0.15, 0.2) is 125 Å². The van der Waals surface area contributed by atoms with Crippen LogP contribution in [-0.4, -0.2) is 49.9 Å². The number of halogens is 1. The summed E-state index contributed by atoms with van der Waals surface area (Å²) in [5.74, 6) is 0.568. The Morgan fingerprint density at radius 3 is 2.02 bits per heavy atom. The molecule has 0 radical (unpaired) electrons. The number of aliphatic hydroxyl groups excluding tert-OH is 1. The number of aliphatic hydroxyl groups is 1. The lowest BCUT2D eigenvalue weighted by Gasteiger charge is -2.43. The van der Waals surface area contributed by atoms with Gasteiger partial charge in [-0.3, -0.25) is 18.9 Å². The molecule has 0 aliphatic carbocycles. The second-order valence-corrected chi connectivity index (χ2v) is 13.4. The van der Waals surface area contributed by atoms with E-state index in [9.17, 15) is 29.0 Å². The summed E-state index contributed by atoms with van der Waals surface area (Å²) in [5, 5.41) is 13.2. The third-order valence-electron chi connectivity index (χ3n) is 9.01. The molecule has 1 saturated heterocycles. The molecule has 13 heteroatoms. The number of ether oxygens (including phenoxy) is 2. The Morgan fingerprint density at radius 2 is 1.47 bits per heavy atom. The molecular formula is C36H34ClN2O9P. The van der Waals surface area contributed by atoms with Crippen LogP contribution in [0.25, 0.3) is 0 Å². The van der Waals surface area contributed by atoms with Gasteiger partial charge in [-0.15, -0.1) is 0 Å². The van der Waals surface area contributed by atoms with Crippen molar-refractivity contribution in [2.24, 2.45) is 0 Å². The molecular weight excluding hydrogens is 671 g/mol. The van der Waals surface area contributed by atoms with E-state index < -0.39 is 54.9 Å². The summed E-state index contributed by atoms with van der Waals surface area (Å²) < 4.78 is 31.4. The highest BCUT2D eigenvalue weighted by Crippen LogP contribution is 2.53. The Balaban J connectivity index is 1.66. The maximum atomic E-state index is 13.6. The van der Waals surface area contributed by atoms with Gasteiger partial charge in [0.15, 0.2) is 5.72 Å². The molecule has 1 unspecified atom stereocenters. The van der Waals surface area contributed by atoms with Crippen molar-refractivity contribution in [1.29, 1.82) is 0 Å². The molecule has 0 spiro atoms. The number of aromatic nitrogens is 2. The molecule has 1 aromatic heterocycles. The van der Waals surface area contributed by atoms with E-state index in [-0.39, 0.29) is 16.1 Å². The number of hydrogen-bond acceptors (Lipinski definition) is 7. The zero-order valence-corrected chi connectivity index (χ0v) is 28.1. The second kappa shape index (κ2) is 13.5. The first kappa shape index (κ1) is 34.5. The van der Waals surface area contributed by atoms with Crippen molar-refractivity contribution in [3.63, 3.8) is 0 Å². The van der Waals surface area contributed by atoms with Crippen LogP contribution >= 0.6 is 19.4 Å². The third kappa shape index (κ3) is 6.31. The van der Waals surface area contributed by atoms with Crippen LogP contribution in [0.5, 0.6) is 5.75 Å². The van der Waals surface area contributed by atoms with E-state index in [1.165, 1.54) is 20.2 Å². The number of aryl methyl sites for hydroxylation is 1. The van der Waals surface area contributed by atoms with Gasteiger partial charge in [0.1, 0.15) is 24.1 Å². The third-order valence-corrected chi connectivity index (χ3v) is 9.89. The molecule has 1 aliphatic rings. The van der Waals surface area contributed by atoms with Crippen LogP contribution in [0.1, 0.15) is 34.2 Å². The molecule has 4 atom stereocenters. The molecule has 11 nitrogen and oxygen atoms in total. The molecule has 0 saturated carbocycles. The topological polar surface area (TPSA) is 160 Å². The number of phosphoric ester groups is 1. The maximum absolute atomic E-state index is 13.6. The fraction of sp³-hybridized carbons (Fsp3) is 0.222. The van der Waals surface area contributed by atoms with Crippen LogP contribution in [0.2, 0.25) is 5.02 Å². The largest absolute Gasteiger partial charge is 0.497 e. The van der Waals surface area contributed by atoms with Crippen LogP contribution in [0.4, 0.5) is 0 Å². The van der Waals surface area contributed by atoms with E-state index in [1.807, 2.05) is 60.7 Å². The Bertz CT molecular complexity index is 2060. The first-order chi connectivity index (χ1) is 23.4. The SMILES string of the molecule is COc1ccc(C(c2ccccc2)(c2ccccc2)C(O)[C@H]2O[C@@](c3ccccc3Cl)(n3cc(C)c(=O)[nH]c3=O)C[C@@H]2OP(=O)(O)O)cc1. The molecule has 0 bridgehead atoms. The minimum Gasteiger partial charge on any atom is -0.497 e. The number of benzene rings is 4. The van der Waals surface area contributed by atoms with Crippen molar-refractivity contribution < 1.29 is 33.5 Å². The predicted octanol–water partition coefficient (Wildman–Crippen LogP) is 4.87. The molecule has 49 heavy (non-hydrogen) atoms. The number of hydrogen-bond donors (Lipinski definition) is 4. The van der Waals surface area contributed by atoms with Gasteiger partial charge < -0.3 is 24.4 Å². The first-order valence-electron chi connectivity index (χ1n) is 15.3. The molecule has 5 aromatic rings. The molecule has 0 amide bonds. The zero-order valence-electron chi connectivity index (χ0n) is 26.5. The summed E-state index contributed by atoms with van der Waals surface area (Å²) in [7, 11) is -3.70. The number of rotatable bonds is 10. The molecule has 1 fully saturated rings. The van der Waals surface area contributed by atoms with Gasteiger partial charge in [-0.2, -0.15) is 0 Å². The standard InChI is InChI=1S/C36H34ClN2O9P/c1-23-22-39(34(42)38-33(23)41)35(28-15-9-10-16-29(28)37)21-30(48-49(43,44)45)31(47-35)32(40)36(24-11-5-3-6-12-24,25-13-7-4-8-14-25)26-17-19-27(46-2)20-18-26/h3-20,22,30-32,40H,21H2,1-2H3,(H,38,41,42)(H2,43,44,45)/t30-,31-,32?,35-/m0/s1. The quantitative estimate of drug-likeness (QED) is 0.118. The Hall–Kier alpha value is -4.32. The average Bonchev–Trinajstić information content (AvgIpc) is 3.46. The molecule has 4 N–H and O–H groups in total. The second-order valence-electron chi connectivity index (χ2n) is 11.8. The van der Waals surface area contributed by atoms with Crippen LogP contribution in [0.3, 0.4) is 0 Å². The van der Waals surface area contributed by atoms with E-state index in [0.717, 1.165) is 4.57 Å². The fourth-order valence-electron chi connectivity index (χ4n) is 6.87. The molecule has 2 heterocycles. The van der Waals surface area contributed by atoms with E-state index in [1.54, 1.807) is 48.5 Å². The number of methoxy groups -OCH3 is 1. The summed E-state index contributed by atoms with van der Waals surface area (Å²) in [6.45, 7) is 1.50. The monoisotopic (exact) mass is 704 g/mol. The van der Waals surface area contributed by atoms with Gasteiger partial charge >= 0.3 is 13.5 Å². The number of H-pyrrole nitrogens is 1. The summed E-state index contributed by atoms with van der Waals surface area (Å²) in [4.78, 5) is 48.7. The van der Waals surface area contributed by atoms with Crippen LogP contribution in [0, 0.1) is 6.92 Å². The van der Waals surface area contributed by atoms with E-state index in [0.29, 0.717) is 22.4 Å². The van der Waals surface area contributed by atoms with Gasteiger partial charge in [-0.25, -0.2) is 9.36 Å². The molecule has 1 aliphatic heterocycles. The highest BCUT2D eigenvalue weighted by atomic mass is 35.5. The summed E-state index contributed by atoms with van der Waals surface area (Å²) in [6, 6.07) is 31.9. The number of nitrogens with one attached hydrogen (secondary N) is 1. The minimum absolute atomic E-state index is 0.159. The van der Waals surface area contributed by atoms with Crippen molar-refractivity contribution in [1.82, 2.24) is 9.55 Å². The van der Waals surface area contributed by atoms with Gasteiger partial charge in [0.05, 0.1) is 12.5 Å². The van der Waals surface area contributed by atoms with Crippen LogP contribution in [-0.2, 0) is 25.0 Å². The zero-order chi connectivity index (χ0) is 35.0. The summed E-state index contributed by atoms with van der Waals surface area (Å²) in [6.07, 6.45) is -3.77. The molecule has 6 rings (SSSR count).